The fourth-order valence-electron chi connectivity index (χ4n) is 2.06. The first kappa shape index (κ1) is 19.4. The van der Waals surface area contributed by atoms with Crippen molar-refractivity contribution < 1.29 is 18.8 Å². The topological polar surface area (TPSA) is 78.5 Å². The molecule has 0 fully saturated rings. The monoisotopic (exact) mass is 377 g/mol. The maximum Gasteiger partial charge on any atom is 0.251 e. The predicted molar refractivity (Wildman–Crippen MR) is 96.5 cm³/mol. The number of nitrogens with zero attached hydrogens (tertiary/aromatic N) is 1. The Kier molecular flexibility index (Phi) is 6.68. The first-order valence-corrected chi connectivity index (χ1v) is 8.06. The van der Waals surface area contributed by atoms with Crippen LogP contribution in [0.5, 0.6) is 0 Å². The van der Waals surface area contributed by atoms with Crippen LogP contribution in [0.4, 0.5) is 10.1 Å². The maximum absolute atomic E-state index is 13.1. The zero-order valence-electron chi connectivity index (χ0n) is 14.0. The Hall–Kier alpha value is -2.93. The molecule has 2 rings (SSSR count). The highest BCUT2D eigenvalue weighted by atomic mass is 35.5. The lowest BCUT2D eigenvalue weighted by Crippen LogP contribution is -2.41. The van der Waals surface area contributed by atoms with Crippen molar-refractivity contribution in [3.8, 4) is 0 Å². The molecular weight excluding hydrogens is 361 g/mol. The van der Waals surface area contributed by atoms with Gasteiger partial charge in [-0.05, 0) is 42.5 Å². The highest BCUT2D eigenvalue weighted by Crippen LogP contribution is 2.10. The molecule has 2 N–H and O–H groups in total. The van der Waals surface area contributed by atoms with Gasteiger partial charge in [0.1, 0.15) is 5.82 Å². The number of carbonyl (C=O) groups excluding carboxylic acids is 3. The molecule has 0 atom stereocenters. The van der Waals surface area contributed by atoms with Crippen molar-refractivity contribution in [3.63, 3.8) is 0 Å². The van der Waals surface area contributed by atoms with E-state index in [9.17, 15) is 18.8 Å². The van der Waals surface area contributed by atoms with Crippen LogP contribution in [0.25, 0.3) is 0 Å². The van der Waals surface area contributed by atoms with E-state index in [1.807, 2.05) is 0 Å². The van der Waals surface area contributed by atoms with Crippen LogP contribution < -0.4 is 10.6 Å². The Bertz CT molecular complexity index is 812. The second kappa shape index (κ2) is 8.96. The van der Waals surface area contributed by atoms with Gasteiger partial charge < -0.3 is 15.5 Å². The third kappa shape index (κ3) is 5.86. The Morgan fingerprint density at radius 1 is 1.12 bits per heavy atom. The molecule has 0 radical (unpaired) electrons. The van der Waals surface area contributed by atoms with Gasteiger partial charge in [-0.2, -0.15) is 0 Å². The fourth-order valence-corrected chi connectivity index (χ4v) is 2.19. The van der Waals surface area contributed by atoms with Gasteiger partial charge in [0.15, 0.2) is 0 Å². The molecule has 0 aliphatic rings. The molecule has 8 heteroatoms. The van der Waals surface area contributed by atoms with Crippen molar-refractivity contribution >= 4 is 35.0 Å². The third-order valence-electron chi connectivity index (χ3n) is 3.42. The van der Waals surface area contributed by atoms with Crippen molar-refractivity contribution in [1.82, 2.24) is 10.2 Å². The first-order valence-electron chi connectivity index (χ1n) is 7.68. The van der Waals surface area contributed by atoms with E-state index in [-0.39, 0.29) is 13.1 Å². The molecule has 2 aromatic carbocycles. The van der Waals surface area contributed by atoms with Crippen molar-refractivity contribution in [3.05, 3.63) is 64.9 Å². The van der Waals surface area contributed by atoms with Crippen LogP contribution in [-0.4, -0.2) is 42.8 Å². The van der Waals surface area contributed by atoms with E-state index in [4.69, 9.17) is 11.6 Å². The Labute approximate surface area is 154 Å². The van der Waals surface area contributed by atoms with Crippen molar-refractivity contribution in [2.24, 2.45) is 0 Å². The standard InChI is InChI=1S/C18H17ClFN3O3/c1-23(11-16(24)22-15-4-2-3-14(20)9-15)17(25)10-21-18(26)12-5-7-13(19)8-6-12/h2-9H,10-11H2,1H3,(H,21,26)(H,22,24). The SMILES string of the molecule is CN(CC(=O)Nc1cccc(F)c1)C(=O)CNC(=O)c1ccc(Cl)cc1. The average molecular weight is 378 g/mol. The summed E-state index contributed by atoms with van der Waals surface area (Å²) in [6.07, 6.45) is 0. The predicted octanol–water partition coefficient (Wildman–Crippen LogP) is 2.31. The second-order valence-corrected chi connectivity index (χ2v) is 5.93. The maximum atomic E-state index is 13.1. The molecule has 0 bridgehead atoms. The lowest BCUT2D eigenvalue weighted by Gasteiger charge is -2.17. The van der Waals surface area contributed by atoms with Crippen LogP contribution in [0, 0.1) is 5.82 Å². The molecule has 0 heterocycles. The number of rotatable bonds is 6. The van der Waals surface area contributed by atoms with Crippen molar-refractivity contribution in [1.29, 1.82) is 0 Å². The summed E-state index contributed by atoms with van der Waals surface area (Å²) in [6.45, 7) is -0.489. The molecule has 136 valence electrons. The molecule has 6 nitrogen and oxygen atoms in total. The number of amides is 3. The van der Waals surface area contributed by atoms with Gasteiger partial charge in [-0.1, -0.05) is 17.7 Å². The summed E-state index contributed by atoms with van der Waals surface area (Å²) < 4.78 is 13.1. The largest absolute Gasteiger partial charge is 0.343 e. The lowest BCUT2D eigenvalue weighted by molar-refractivity contribution is -0.132. The smallest absolute Gasteiger partial charge is 0.251 e. The molecule has 0 aliphatic heterocycles. The number of anilines is 1. The Balaban J connectivity index is 1.80. The lowest BCUT2D eigenvalue weighted by atomic mass is 10.2. The summed E-state index contributed by atoms with van der Waals surface area (Å²) in [4.78, 5) is 37.0. The number of hydrogen-bond acceptors (Lipinski definition) is 3. The molecule has 0 unspecified atom stereocenters. The summed E-state index contributed by atoms with van der Waals surface area (Å²) in [5, 5.41) is 5.47. The van der Waals surface area contributed by atoms with Crippen LogP contribution in [0.3, 0.4) is 0 Å². The number of carbonyl (C=O) groups is 3. The molecule has 0 spiro atoms. The summed E-state index contributed by atoms with van der Waals surface area (Å²) in [7, 11) is 1.43. The van der Waals surface area contributed by atoms with E-state index < -0.39 is 23.5 Å². The van der Waals surface area contributed by atoms with Crippen LogP contribution in [0.15, 0.2) is 48.5 Å². The van der Waals surface area contributed by atoms with E-state index >= 15 is 0 Å². The first-order chi connectivity index (χ1) is 12.3. The highest BCUT2D eigenvalue weighted by Gasteiger charge is 2.15. The number of benzene rings is 2. The second-order valence-electron chi connectivity index (χ2n) is 5.50. The molecule has 0 saturated carbocycles. The summed E-state index contributed by atoms with van der Waals surface area (Å²) in [6, 6.07) is 11.7. The van der Waals surface area contributed by atoms with Crippen LogP contribution in [-0.2, 0) is 9.59 Å². The van der Waals surface area contributed by atoms with E-state index in [0.29, 0.717) is 16.3 Å². The van der Waals surface area contributed by atoms with Gasteiger partial charge in [0.05, 0.1) is 13.1 Å². The molecule has 3 amide bonds. The molecule has 26 heavy (non-hydrogen) atoms. The van der Waals surface area contributed by atoms with Crippen molar-refractivity contribution in [2.45, 2.75) is 0 Å². The third-order valence-corrected chi connectivity index (χ3v) is 3.67. The summed E-state index contributed by atoms with van der Waals surface area (Å²) in [5.74, 6) is -1.82. The van der Waals surface area contributed by atoms with Gasteiger partial charge >= 0.3 is 0 Å². The Morgan fingerprint density at radius 3 is 2.46 bits per heavy atom. The highest BCUT2D eigenvalue weighted by molar-refractivity contribution is 6.30. The Morgan fingerprint density at radius 2 is 1.81 bits per heavy atom. The number of hydrogen-bond donors (Lipinski definition) is 2. The normalized spacial score (nSPS) is 10.1. The van der Waals surface area contributed by atoms with Crippen LogP contribution in [0.1, 0.15) is 10.4 Å². The quantitative estimate of drug-likeness (QED) is 0.810. The minimum absolute atomic E-state index is 0.230. The number of likely N-dealkylation sites (N-methyl/N-ethyl adjacent to an activating group) is 1. The molecule has 2 aromatic rings. The molecule has 0 aromatic heterocycles. The van der Waals surface area contributed by atoms with E-state index in [0.717, 1.165) is 4.90 Å². The van der Waals surface area contributed by atoms with Gasteiger partial charge in [0, 0.05) is 23.3 Å². The van der Waals surface area contributed by atoms with E-state index in [1.165, 1.54) is 43.4 Å². The van der Waals surface area contributed by atoms with E-state index in [2.05, 4.69) is 10.6 Å². The zero-order valence-corrected chi connectivity index (χ0v) is 14.7. The van der Waals surface area contributed by atoms with Gasteiger partial charge in [0.2, 0.25) is 11.8 Å². The van der Waals surface area contributed by atoms with Crippen LogP contribution in [0.2, 0.25) is 5.02 Å². The molecule has 0 saturated heterocycles. The minimum Gasteiger partial charge on any atom is -0.343 e. The summed E-state index contributed by atoms with van der Waals surface area (Å²) in [5.41, 5.74) is 0.667. The number of nitrogens with one attached hydrogen (secondary N) is 2. The van der Waals surface area contributed by atoms with Gasteiger partial charge in [-0.25, -0.2) is 4.39 Å². The van der Waals surface area contributed by atoms with Crippen LogP contribution >= 0.6 is 11.6 Å². The van der Waals surface area contributed by atoms with Crippen molar-refractivity contribution in [2.75, 3.05) is 25.5 Å². The minimum atomic E-state index is -0.476. The molecule has 0 aliphatic carbocycles. The van der Waals surface area contributed by atoms with Gasteiger partial charge in [-0.3, -0.25) is 14.4 Å². The average Bonchev–Trinajstić information content (AvgIpc) is 2.59. The number of halogens is 2. The van der Waals surface area contributed by atoms with Gasteiger partial charge in [-0.15, -0.1) is 0 Å². The molecular formula is C18H17ClFN3O3. The van der Waals surface area contributed by atoms with Gasteiger partial charge in [0.25, 0.3) is 5.91 Å². The zero-order chi connectivity index (χ0) is 19.1. The fraction of sp³-hybridized carbons (Fsp3) is 0.167. The van der Waals surface area contributed by atoms with E-state index in [1.54, 1.807) is 12.1 Å². The summed E-state index contributed by atoms with van der Waals surface area (Å²) >= 11 is 5.75.